The molecule has 2 heterocycles. The maximum Gasteiger partial charge on any atom is 0.263 e. The molecule has 2 aromatic carbocycles. The Kier molecular flexibility index (Phi) is 5.67. The van der Waals surface area contributed by atoms with E-state index >= 15 is 0 Å². The maximum atomic E-state index is 14.5. The zero-order valence-corrected chi connectivity index (χ0v) is 21.1. The maximum absolute atomic E-state index is 14.5. The van der Waals surface area contributed by atoms with Crippen molar-refractivity contribution < 1.29 is 4.74 Å². The van der Waals surface area contributed by atoms with Gasteiger partial charge in [0.05, 0.1) is 18.5 Å². The number of aromatic nitrogens is 4. The van der Waals surface area contributed by atoms with Gasteiger partial charge in [0, 0.05) is 22.3 Å². The summed E-state index contributed by atoms with van der Waals surface area (Å²) in [5, 5.41) is 10.0. The van der Waals surface area contributed by atoms with Crippen LogP contribution in [0.25, 0.3) is 22.7 Å². The Balaban J connectivity index is 1.74. The van der Waals surface area contributed by atoms with Crippen LogP contribution in [-0.2, 0) is 11.8 Å². The smallest absolute Gasteiger partial charge is 0.263 e. The fraction of sp³-hybridized carbons (Fsp3) is 0.393. The fourth-order valence-corrected chi connectivity index (χ4v) is 6.80. The molecule has 35 heavy (non-hydrogen) atoms. The Bertz CT molecular complexity index is 1450. The number of fused-ring (bicyclic) bond motifs is 6. The van der Waals surface area contributed by atoms with Crippen molar-refractivity contribution in [1.29, 1.82) is 0 Å². The lowest BCUT2D eigenvalue weighted by Gasteiger charge is -2.42. The van der Waals surface area contributed by atoms with Crippen LogP contribution in [0.5, 0.6) is 5.75 Å². The van der Waals surface area contributed by atoms with Crippen molar-refractivity contribution in [2.75, 3.05) is 12.9 Å². The highest BCUT2D eigenvalue weighted by molar-refractivity contribution is 7.99. The van der Waals surface area contributed by atoms with Gasteiger partial charge < -0.3 is 4.74 Å². The number of hydrogen-bond donors (Lipinski definition) is 0. The predicted octanol–water partition coefficient (Wildman–Crippen LogP) is 5.82. The van der Waals surface area contributed by atoms with E-state index in [1.165, 1.54) is 12.0 Å². The van der Waals surface area contributed by atoms with Gasteiger partial charge in [-0.3, -0.25) is 9.20 Å². The second kappa shape index (κ2) is 8.86. The number of benzene rings is 2. The average molecular weight is 487 g/mol. The molecule has 0 atom stereocenters. The average Bonchev–Trinajstić information content (AvgIpc) is 3.31. The molecule has 2 aromatic heterocycles. The summed E-state index contributed by atoms with van der Waals surface area (Å²) in [5.41, 5.74) is 5.07. The molecule has 1 saturated carbocycles. The van der Waals surface area contributed by atoms with Gasteiger partial charge in [0.15, 0.2) is 5.16 Å². The van der Waals surface area contributed by atoms with Crippen LogP contribution in [0.4, 0.5) is 0 Å². The lowest BCUT2D eigenvalue weighted by molar-refractivity contribution is 0.284. The van der Waals surface area contributed by atoms with Gasteiger partial charge in [-0.05, 0) is 55.5 Å². The number of nitrogens with zero attached hydrogens (tertiary/aromatic N) is 4. The summed E-state index contributed by atoms with van der Waals surface area (Å²) in [7, 11) is 1.65. The summed E-state index contributed by atoms with van der Waals surface area (Å²) in [6.07, 6.45) is 7.58. The van der Waals surface area contributed by atoms with Crippen LogP contribution in [0, 0.1) is 0 Å². The molecule has 0 amide bonds. The van der Waals surface area contributed by atoms with Crippen LogP contribution in [0.2, 0.25) is 0 Å². The first-order valence-corrected chi connectivity index (χ1v) is 13.6. The molecule has 0 aliphatic heterocycles. The van der Waals surface area contributed by atoms with E-state index in [1.54, 1.807) is 23.4 Å². The molecule has 0 saturated heterocycles. The second-order valence-electron chi connectivity index (χ2n) is 9.70. The van der Waals surface area contributed by atoms with E-state index in [2.05, 4.69) is 45.8 Å². The van der Waals surface area contributed by atoms with Crippen molar-refractivity contribution in [3.8, 4) is 22.7 Å². The molecular formula is C28H30N4O2S. The fourth-order valence-electron chi connectivity index (χ4n) is 6.02. The molecule has 4 aromatic rings. The van der Waals surface area contributed by atoms with Crippen molar-refractivity contribution >= 4 is 17.5 Å². The first kappa shape index (κ1) is 22.4. The van der Waals surface area contributed by atoms with Crippen molar-refractivity contribution in [1.82, 2.24) is 19.2 Å². The Morgan fingerprint density at radius 2 is 1.80 bits per heavy atom. The van der Waals surface area contributed by atoms with Gasteiger partial charge in [-0.25, -0.2) is 4.57 Å². The van der Waals surface area contributed by atoms with Crippen molar-refractivity contribution in [3.05, 3.63) is 70.0 Å². The van der Waals surface area contributed by atoms with Crippen molar-refractivity contribution in [2.45, 2.75) is 62.4 Å². The first-order valence-electron chi connectivity index (χ1n) is 12.6. The third kappa shape index (κ3) is 3.51. The molecule has 180 valence electrons. The number of methoxy groups -OCH3 is 1. The molecule has 1 spiro atoms. The highest BCUT2D eigenvalue weighted by atomic mass is 32.2. The number of hydrogen-bond acceptors (Lipinski definition) is 5. The van der Waals surface area contributed by atoms with Crippen molar-refractivity contribution in [3.63, 3.8) is 0 Å². The van der Waals surface area contributed by atoms with Crippen LogP contribution in [0.15, 0.2) is 58.5 Å². The minimum atomic E-state index is -0.154. The molecule has 2 aliphatic rings. The molecule has 0 N–H and O–H groups in total. The zero-order valence-electron chi connectivity index (χ0n) is 20.3. The third-order valence-corrected chi connectivity index (χ3v) is 8.74. The molecule has 7 heteroatoms. The highest BCUT2D eigenvalue weighted by Crippen LogP contribution is 2.49. The van der Waals surface area contributed by atoms with Gasteiger partial charge in [0.2, 0.25) is 5.78 Å². The number of ether oxygens (including phenoxy) is 1. The van der Waals surface area contributed by atoms with Crippen LogP contribution < -0.4 is 10.3 Å². The highest BCUT2D eigenvalue weighted by Gasteiger charge is 2.44. The van der Waals surface area contributed by atoms with Crippen molar-refractivity contribution in [2.24, 2.45) is 0 Å². The summed E-state index contributed by atoms with van der Waals surface area (Å²) < 4.78 is 9.30. The Morgan fingerprint density at radius 1 is 1.03 bits per heavy atom. The SMILES string of the molecule is CCCSc1nnc2n(-c3ccc(OC)cc3)c(=O)c3c(n12)-c1ccccc1CC31CCCCC1. The molecule has 6 nitrogen and oxygen atoms in total. The van der Waals surface area contributed by atoms with E-state index in [9.17, 15) is 4.79 Å². The summed E-state index contributed by atoms with van der Waals surface area (Å²) in [6, 6.07) is 16.3. The molecule has 0 bridgehead atoms. The molecule has 0 radical (unpaired) electrons. The van der Waals surface area contributed by atoms with Gasteiger partial charge in [-0.15, -0.1) is 10.2 Å². The summed E-state index contributed by atoms with van der Waals surface area (Å²) in [5.74, 6) is 2.28. The van der Waals surface area contributed by atoms with E-state index in [1.807, 2.05) is 24.3 Å². The van der Waals surface area contributed by atoms with Gasteiger partial charge in [0.25, 0.3) is 5.56 Å². The zero-order chi connectivity index (χ0) is 24.0. The summed E-state index contributed by atoms with van der Waals surface area (Å²) >= 11 is 1.71. The van der Waals surface area contributed by atoms with E-state index in [0.29, 0.717) is 5.78 Å². The Hall–Kier alpha value is -3.06. The van der Waals surface area contributed by atoms with Crippen LogP contribution >= 0.6 is 11.8 Å². The van der Waals surface area contributed by atoms with Crippen LogP contribution in [-0.4, -0.2) is 32.0 Å². The summed E-state index contributed by atoms with van der Waals surface area (Å²) in [6.45, 7) is 2.17. The molecule has 6 rings (SSSR count). The summed E-state index contributed by atoms with van der Waals surface area (Å²) in [4.78, 5) is 14.5. The van der Waals surface area contributed by atoms with Gasteiger partial charge in [-0.2, -0.15) is 0 Å². The topological polar surface area (TPSA) is 61.4 Å². The number of thioether (sulfide) groups is 1. The molecule has 0 unspecified atom stereocenters. The lowest BCUT2D eigenvalue weighted by Crippen LogP contribution is -2.43. The van der Waals surface area contributed by atoms with E-state index in [0.717, 1.165) is 77.7 Å². The van der Waals surface area contributed by atoms with E-state index in [4.69, 9.17) is 4.74 Å². The van der Waals surface area contributed by atoms with Gasteiger partial charge in [-0.1, -0.05) is 62.2 Å². The predicted molar refractivity (Wildman–Crippen MR) is 140 cm³/mol. The second-order valence-corrected chi connectivity index (χ2v) is 10.8. The molecular weight excluding hydrogens is 456 g/mol. The van der Waals surface area contributed by atoms with Crippen LogP contribution in [0.1, 0.15) is 56.6 Å². The minimum absolute atomic E-state index is 0.0357. The standard InChI is InChI=1S/C28H30N4O2S/c1-3-17-35-27-30-29-26-31(20-11-13-21(34-2)14-12-20)25(33)23-24(32(26)27)22-10-6-5-9-19(22)18-28(23)15-7-4-8-16-28/h5-6,9-14H,3-4,7-8,15-18H2,1-2H3. The Labute approximate surface area is 209 Å². The minimum Gasteiger partial charge on any atom is -0.497 e. The molecule has 1 fully saturated rings. The number of rotatable bonds is 5. The largest absolute Gasteiger partial charge is 0.497 e. The van der Waals surface area contributed by atoms with E-state index in [-0.39, 0.29) is 11.0 Å². The van der Waals surface area contributed by atoms with Crippen LogP contribution in [0.3, 0.4) is 0 Å². The van der Waals surface area contributed by atoms with Gasteiger partial charge >= 0.3 is 0 Å². The normalized spacial score (nSPS) is 16.3. The van der Waals surface area contributed by atoms with Gasteiger partial charge in [0.1, 0.15) is 5.75 Å². The lowest BCUT2D eigenvalue weighted by atomic mass is 9.62. The Morgan fingerprint density at radius 3 is 2.54 bits per heavy atom. The molecule has 2 aliphatic carbocycles. The quantitative estimate of drug-likeness (QED) is 0.333. The third-order valence-electron chi connectivity index (χ3n) is 7.60. The van der Waals surface area contributed by atoms with E-state index < -0.39 is 0 Å². The monoisotopic (exact) mass is 486 g/mol. The first-order chi connectivity index (χ1) is 17.2.